The van der Waals surface area contributed by atoms with Crippen LogP contribution >= 0.6 is 11.8 Å². The summed E-state index contributed by atoms with van der Waals surface area (Å²) in [5.74, 6) is 0.993. The fourth-order valence-electron chi connectivity index (χ4n) is 1.94. The van der Waals surface area contributed by atoms with Crippen molar-refractivity contribution in [2.45, 2.75) is 38.9 Å². The quantitative estimate of drug-likeness (QED) is 0.854. The molecule has 1 unspecified atom stereocenters. The second-order valence-electron chi connectivity index (χ2n) is 5.70. The Morgan fingerprint density at radius 3 is 2.79 bits per heavy atom. The predicted octanol–water partition coefficient (Wildman–Crippen LogP) is 2.85. The van der Waals surface area contributed by atoms with Gasteiger partial charge in [0.25, 0.3) is 0 Å². The zero-order valence-electron chi connectivity index (χ0n) is 12.1. The van der Waals surface area contributed by atoms with Gasteiger partial charge in [-0.15, -0.1) is 10.2 Å². The molecular weight excluding hydrogens is 256 g/mol. The molecule has 0 spiro atoms. The maximum absolute atomic E-state index is 4.26. The van der Waals surface area contributed by atoms with Crippen molar-refractivity contribution in [3.05, 3.63) is 24.4 Å². The van der Waals surface area contributed by atoms with E-state index >= 15 is 0 Å². The minimum absolute atomic E-state index is 0.240. The topological polar surface area (TPSA) is 42.2 Å². The van der Waals surface area contributed by atoms with Crippen LogP contribution in [0.5, 0.6) is 0 Å². The van der Waals surface area contributed by atoms with Gasteiger partial charge in [0, 0.05) is 18.0 Å². The third-order valence-electron chi connectivity index (χ3n) is 3.16. The molecule has 1 atom stereocenters. The van der Waals surface area contributed by atoms with E-state index in [1.807, 2.05) is 28.8 Å². The molecule has 0 saturated carbocycles. The van der Waals surface area contributed by atoms with Gasteiger partial charge in [0.2, 0.25) is 0 Å². The van der Waals surface area contributed by atoms with Crippen LogP contribution < -0.4 is 5.32 Å². The average Bonchev–Trinajstić information content (AvgIpc) is 2.76. The molecule has 2 aromatic heterocycles. The Labute approximate surface area is 119 Å². The van der Waals surface area contributed by atoms with Gasteiger partial charge in [0.15, 0.2) is 10.8 Å². The molecule has 0 aliphatic carbocycles. The first kappa shape index (κ1) is 14.3. The van der Waals surface area contributed by atoms with Gasteiger partial charge in [-0.1, -0.05) is 45.5 Å². The lowest BCUT2D eigenvalue weighted by Crippen LogP contribution is -2.42. The predicted molar refractivity (Wildman–Crippen MR) is 80.6 cm³/mol. The normalized spacial score (nSPS) is 13.9. The molecule has 2 rings (SSSR count). The lowest BCUT2D eigenvalue weighted by Gasteiger charge is -2.30. The van der Waals surface area contributed by atoms with Crippen molar-refractivity contribution >= 4 is 17.4 Å². The van der Waals surface area contributed by atoms with Crippen LogP contribution in [0.15, 0.2) is 29.6 Å². The molecule has 0 aliphatic rings. The van der Waals surface area contributed by atoms with E-state index in [1.54, 1.807) is 11.8 Å². The Bertz CT molecular complexity index is 529. The number of fused-ring (bicyclic) bond motifs is 1. The Morgan fingerprint density at radius 1 is 1.32 bits per heavy atom. The van der Waals surface area contributed by atoms with Crippen LogP contribution in [-0.2, 0) is 0 Å². The van der Waals surface area contributed by atoms with E-state index < -0.39 is 0 Å². The Balaban J connectivity index is 2.08. The van der Waals surface area contributed by atoms with Gasteiger partial charge < -0.3 is 5.32 Å². The fourth-order valence-corrected chi connectivity index (χ4v) is 3.26. The molecule has 0 bridgehead atoms. The molecule has 4 nitrogen and oxygen atoms in total. The number of thioether (sulfide) groups is 1. The van der Waals surface area contributed by atoms with Gasteiger partial charge in [-0.2, -0.15) is 0 Å². The molecule has 0 aromatic carbocycles. The molecule has 2 heterocycles. The zero-order chi connectivity index (χ0) is 13.9. The molecule has 0 radical (unpaired) electrons. The van der Waals surface area contributed by atoms with E-state index in [0.717, 1.165) is 23.1 Å². The fraction of sp³-hybridized carbons (Fsp3) is 0.571. The van der Waals surface area contributed by atoms with Crippen LogP contribution in [0.4, 0.5) is 0 Å². The van der Waals surface area contributed by atoms with Crippen molar-refractivity contribution in [1.29, 1.82) is 0 Å². The Kier molecular flexibility index (Phi) is 4.47. The van der Waals surface area contributed by atoms with Gasteiger partial charge in [0.05, 0.1) is 0 Å². The first-order chi connectivity index (χ1) is 9.02. The molecule has 1 N–H and O–H groups in total. The Hall–Kier alpha value is -1.07. The minimum Gasteiger partial charge on any atom is -0.313 e. The van der Waals surface area contributed by atoms with Crippen molar-refractivity contribution < 1.29 is 0 Å². The highest BCUT2D eigenvalue weighted by Crippen LogP contribution is 2.25. The highest BCUT2D eigenvalue weighted by molar-refractivity contribution is 7.99. The van der Waals surface area contributed by atoms with Gasteiger partial charge in [-0.3, -0.25) is 4.40 Å². The van der Waals surface area contributed by atoms with Crippen LogP contribution in [0, 0.1) is 5.41 Å². The van der Waals surface area contributed by atoms with Crippen LogP contribution in [0.2, 0.25) is 0 Å². The largest absolute Gasteiger partial charge is 0.313 e. The zero-order valence-corrected chi connectivity index (χ0v) is 12.9. The van der Waals surface area contributed by atoms with Gasteiger partial charge in [-0.25, -0.2) is 0 Å². The summed E-state index contributed by atoms with van der Waals surface area (Å²) in [4.78, 5) is 0. The summed E-state index contributed by atoms with van der Waals surface area (Å²) in [7, 11) is 0. The molecule has 2 aromatic rings. The number of aromatic nitrogens is 3. The summed E-state index contributed by atoms with van der Waals surface area (Å²) in [6.45, 7) is 9.94. The molecule has 5 heteroatoms. The molecule has 0 amide bonds. The van der Waals surface area contributed by atoms with Gasteiger partial charge in [-0.05, 0) is 24.1 Å². The van der Waals surface area contributed by atoms with Crippen LogP contribution in [0.25, 0.3) is 5.65 Å². The van der Waals surface area contributed by atoms with E-state index in [0.29, 0.717) is 6.04 Å². The molecule has 0 saturated heterocycles. The smallest absolute Gasteiger partial charge is 0.195 e. The van der Waals surface area contributed by atoms with Gasteiger partial charge >= 0.3 is 0 Å². The first-order valence-corrected chi connectivity index (χ1v) is 7.67. The number of hydrogen-bond donors (Lipinski definition) is 1. The lowest BCUT2D eigenvalue weighted by molar-refractivity contribution is 0.295. The average molecular weight is 278 g/mol. The first-order valence-electron chi connectivity index (χ1n) is 6.68. The standard InChI is InChI=1S/C14H22N4S/c1-5-15-11(14(2,3)4)10-19-13-17-16-12-8-6-7-9-18(12)13/h6-9,11,15H,5,10H2,1-4H3. The summed E-state index contributed by atoms with van der Waals surface area (Å²) >= 11 is 1.76. The molecule has 104 valence electrons. The number of rotatable bonds is 5. The van der Waals surface area contributed by atoms with Crippen molar-refractivity contribution in [3.8, 4) is 0 Å². The van der Waals surface area contributed by atoms with Crippen LogP contribution in [-0.4, -0.2) is 32.9 Å². The van der Waals surface area contributed by atoms with E-state index in [-0.39, 0.29) is 5.41 Å². The third kappa shape index (κ3) is 3.48. The number of hydrogen-bond acceptors (Lipinski definition) is 4. The van der Waals surface area contributed by atoms with E-state index in [4.69, 9.17) is 0 Å². The molecule has 0 aliphatic heterocycles. The van der Waals surface area contributed by atoms with E-state index in [1.165, 1.54) is 0 Å². The second kappa shape index (κ2) is 5.92. The number of nitrogens with zero attached hydrogens (tertiary/aromatic N) is 3. The van der Waals surface area contributed by atoms with Crippen molar-refractivity contribution in [2.24, 2.45) is 5.41 Å². The summed E-state index contributed by atoms with van der Waals surface area (Å²) in [5, 5.41) is 12.9. The lowest BCUT2D eigenvalue weighted by atomic mass is 9.88. The third-order valence-corrected chi connectivity index (χ3v) is 4.19. The summed E-state index contributed by atoms with van der Waals surface area (Å²) in [5.41, 5.74) is 1.14. The summed E-state index contributed by atoms with van der Waals surface area (Å²) in [6.07, 6.45) is 2.01. The highest BCUT2D eigenvalue weighted by atomic mass is 32.2. The maximum Gasteiger partial charge on any atom is 0.195 e. The van der Waals surface area contributed by atoms with Crippen molar-refractivity contribution in [2.75, 3.05) is 12.3 Å². The number of nitrogens with one attached hydrogen (secondary N) is 1. The molecule has 19 heavy (non-hydrogen) atoms. The van der Waals surface area contributed by atoms with Crippen LogP contribution in [0.3, 0.4) is 0 Å². The molecule has 0 fully saturated rings. The van der Waals surface area contributed by atoms with Crippen molar-refractivity contribution in [3.63, 3.8) is 0 Å². The van der Waals surface area contributed by atoms with Gasteiger partial charge in [0.1, 0.15) is 0 Å². The number of pyridine rings is 1. The Morgan fingerprint density at radius 2 is 2.11 bits per heavy atom. The van der Waals surface area contributed by atoms with Crippen LogP contribution in [0.1, 0.15) is 27.7 Å². The van der Waals surface area contributed by atoms with E-state index in [2.05, 4.69) is 43.2 Å². The highest BCUT2D eigenvalue weighted by Gasteiger charge is 2.24. The maximum atomic E-state index is 4.26. The minimum atomic E-state index is 0.240. The summed E-state index contributed by atoms with van der Waals surface area (Å²) in [6, 6.07) is 6.42. The molecular formula is C14H22N4S. The SMILES string of the molecule is CCNC(CSc1nnc2ccccn12)C(C)(C)C. The summed E-state index contributed by atoms with van der Waals surface area (Å²) < 4.78 is 2.04. The monoisotopic (exact) mass is 278 g/mol. The van der Waals surface area contributed by atoms with Crippen molar-refractivity contribution in [1.82, 2.24) is 19.9 Å². The van der Waals surface area contributed by atoms with E-state index in [9.17, 15) is 0 Å². The second-order valence-corrected chi connectivity index (χ2v) is 6.69.